The van der Waals surface area contributed by atoms with E-state index >= 15 is 0 Å². The van der Waals surface area contributed by atoms with Gasteiger partial charge in [0.15, 0.2) is 0 Å². The summed E-state index contributed by atoms with van der Waals surface area (Å²) < 4.78 is 23.0. The Bertz CT molecular complexity index is 1020. The molecule has 2 heterocycles. The number of carbonyl (C=O) groups is 2. The van der Waals surface area contributed by atoms with Gasteiger partial charge in [-0.25, -0.2) is 4.98 Å². The first-order valence-electron chi connectivity index (χ1n) is 12.4. The van der Waals surface area contributed by atoms with E-state index in [0.29, 0.717) is 6.42 Å². The van der Waals surface area contributed by atoms with Crippen molar-refractivity contribution >= 4 is 18.9 Å². The molecule has 2 N–H and O–H groups in total. The summed E-state index contributed by atoms with van der Waals surface area (Å²) in [4.78, 5) is 33.8. The normalized spacial score (nSPS) is 17.6. The van der Waals surface area contributed by atoms with Gasteiger partial charge >= 0.3 is 7.12 Å². The average Bonchev–Trinajstić information content (AvgIpc) is 3.10. The summed E-state index contributed by atoms with van der Waals surface area (Å²) in [6.07, 6.45) is 6.41. The van der Waals surface area contributed by atoms with E-state index in [1.807, 2.05) is 52.0 Å². The molecule has 2 aromatic rings. The molecule has 0 spiro atoms. The Labute approximate surface area is 219 Å². The number of ether oxygens (including phenoxy) is 2. The summed E-state index contributed by atoms with van der Waals surface area (Å²) >= 11 is 0. The molecule has 1 fully saturated rings. The molecule has 2 atom stereocenters. The lowest BCUT2D eigenvalue weighted by atomic mass is 9.75. The Morgan fingerprint density at radius 2 is 1.70 bits per heavy atom. The molecule has 200 valence electrons. The second-order valence-corrected chi connectivity index (χ2v) is 10.1. The first kappa shape index (κ1) is 28.6. The molecule has 0 radical (unpaired) electrons. The van der Waals surface area contributed by atoms with Gasteiger partial charge in [0, 0.05) is 19.5 Å². The standard InChI is InChI=1S/C26H37BN4O6/c1-25(2)26(3,4)37-27(36-25)22(9-7-8-18-10-12-19(35-6)13-11-18)31-24(33)21(17-34-5)30-23(32)20-16-28-14-15-29-20/h10-16,21-22H,7-9,17H2,1-6H3,(H,30,32)(H,31,33)/t21-,22+/m1/s1. The Kier molecular flexibility index (Phi) is 9.64. The molecule has 1 aliphatic rings. The van der Waals surface area contributed by atoms with Gasteiger partial charge in [-0.2, -0.15) is 0 Å². The minimum absolute atomic E-state index is 0.0141. The number of rotatable bonds is 12. The maximum Gasteiger partial charge on any atom is 0.481 e. The van der Waals surface area contributed by atoms with E-state index in [-0.39, 0.29) is 12.3 Å². The number of benzene rings is 1. The van der Waals surface area contributed by atoms with E-state index in [1.165, 1.54) is 25.7 Å². The third-order valence-corrected chi connectivity index (χ3v) is 6.82. The number of nitrogens with one attached hydrogen (secondary N) is 2. The quantitative estimate of drug-likeness (QED) is 0.416. The molecule has 2 amide bonds. The highest BCUT2D eigenvalue weighted by molar-refractivity contribution is 6.48. The monoisotopic (exact) mass is 512 g/mol. The second-order valence-electron chi connectivity index (χ2n) is 10.1. The maximum atomic E-state index is 13.3. The van der Waals surface area contributed by atoms with Crippen LogP contribution in [0.3, 0.4) is 0 Å². The zero-order chi connectivity index (χ0) is 27.1. The fourth-order valence-corrected chi connectivity index (χ4v) is 3.93. The van der Waals surface area contributed by atoms with E-state index in [1.54, 1.807) is 7.11 Å². The molecule has 10 nitrogen and oxygen atoms in total. The Morgan fingerprint density at radius 3 is 2.27 bits per heavy atom. The van der Waals surface area contributed by atoms with Crippen molar-refractivity contribution in [2.45, 2.75) is 70.1 Å². The van der Waals surface area contributed by atoms with Crippen LogP contribution in [-0.4, -0.2) is 72.9 Å². The predicted octanol–water partition coefficient (Wildman–Crippen LogP) is 2.37. The van der Waals surface area contributed by atoms with Crippen molar-refractivity contribution in [1.29, 1.82) is 0 Å². The van der Waals surface area contributed by atoms with Crippen LogP contribution in [0.5, 0.6) is 5.75 Å². The molecule has 0 saturated carbocycles. The number of aromatic nitrogens is 2. The van der Waals surface area contributed by atoms with Gasteiger partial charge in [0.25, 0.3) is 5.91 Å². The molecule has 37 heavy (non-hydrogen) atoms. The molecular weight excluding hydrogens is 475 g/mol. The summed E-state index contributed by atoms with van der Waals surface area (Å²) in [7, 11) is 2.46. The third-order valence-electron chi connectivity index (χ3n) is 6.82. The van der Waals surface area contributed by atoms with Crippen LogP contribution in [0.1, 0.15) is 56.6 Å². The Hall–Kier alpha value is -3.02. The number of carbonyl (C=O) groups excluding carboxylic acids is 2. The van der Waals surface area contributed by atoms with Crippen molar-refractivity contribution in [2.75, 3.05) is 20.8 Å². The van der Waals surface area contributed by atoms with Gasteiger partial charge < -0.3 is 29.4 Å². The summed E-state index contributed by atoms with van der Waals surface area (Å²) in [5.74, 6) is -0.557. The van der Waals surface area contributed by atoms with E-state index in [4.69, 9.17) is 18.8 Å². The lowest BCUT2D eigenvalue weighted by molar-refractivity contribution is -0.124. The number of hydrogen-bond acceptors (Lipinski definition) is 8. The number of aryl methyl sites for hydroxylation is 1. The smallest absolute Gasteiger partial charge is 0.481 e. The van der Waals surface area contributed by atoms with Gasteiger partial charge in [0.1, 0.15) is 17.5 Å². The zero-order valence-electron chi connectivity index (χ0n) is 22.4. The van der Waals surface area contributed by atoms with E-state index in [0.717, 1.165) is 24.2 Å². The number of hydrogen-bond donors (Lipinski definition) is 2. The van der Waals surface area contributed by atoms with Crippen LogP contribution in [0, 0.1) is 0 Å². The van der Waals surface area contributed by atoms with Crippen molar-refractivity contribution in [3.05, 3.63) is 54.1 Å². The molecule has 0 aliphatic carbocycles. The van der Waals surface area contributed by atoms with E-state index < -0.39 is 42.1 Å². The molecule has 3 rings (SSSR count). The third kappa shape index (κ3) is 7.50. The van der Waals surface area contributed by atoms with Gasteiger partial charge in [-0.05, 0) is 64.7 Å². The van der Waals surface area contributed by atoms with Crippen molar-refractivity contribution in [3.63, 3.8) is 0 Å². The lowest BCUT2D eigenvalue weighted by Crippen LogP contribution is -2.56. The fourth-order valence-electron chi connectivity index (χ4n) is 3.93. The molecule has 1 aliphatic heterocycles. The van der Waals surface area contributed by atoms with Gasteiger partial charge in [-0.1, -0.05) is 12.1 Å². The maximum absolute atomic E-state index is 13.3. The van der Waals surface area contributed by atoms with E-state index in [9.17, 15) is 9.59 Å². The molecular formula is C26H37BN4O6. The van der Waals surface area contributed by atoms with Crippen LogP contribution in [0.25, 0.3) is 0 Å². The van der Waals surface area contributed by atoms with Gasteiger partial charge in [-0.15, -0.1) is 0 Å². The summed E-state index contributed by atoms with van der Waals surface area (Å²) in [5, 5.41) is 5.72. The van der Waals surface area contributed by atoms with Gasteiger partial charge in [0.2, 0.25) is 5.91 Å². The fraction of sp³-hybridized carbons (Fsp3) is 0.538. The summed E-state index contributed by atoms with van der Waals surface area (Å²) in [6.45, 7) is 7.87. The van der Waals surface area contributed by atoms with Crippen molar-refractivity contribution in [2.24, 2.45) is 0 Å². The SMILES string of the molecule is COC[C@@H](NC(=O)c1cnccn1)C(=O)N[C@@H](CCCc1ccc(OC)cc1)B1OC(C)(C)C(C)(C)O1. The molecule has 0 bridgehead atoms. The Balaban J connectivity index is 1.70. The van der Waals surface area contributed by atoms with Gasteiger partial charge in [-0.3, -0.25) is 14.6 Å². The second kappa shape index (κ2) is 12.5. The average molecular weight is 512 g/mol. The zero-order valence-corrected chi connectivity index (χ0v) is 22.4. The largest absolute Gasteiger partial charge is 0.497 e. The van der Waals surface area contributed by atoms with Crippen LogP contribution in [-0.2, 0) is 25.3 Å². The van der Waals surface area contributed by atoms with Crippen LogP contribution in [0.15, 0.2) is 42.9 Å². The van der Waals surface area contributed by atoms with Crippen LogP contribution < -0.4 is 15.4 Å². The summed E-state index contributed by atoms with van der Waals surface area (Å²) in [6, 6.07) is 6.97. The highest BCUT2D eigenvalue weighted by Gasteiger charge is 2.54. The molecule has 1 aromatic heterocycles. The van der Waals surface area contributed by atoms with Gasteiger partial charge in [0.05, 0.1) is 37.1 Å². The summed E-state index contributed by atoms with van der Waals surface area (Å²) in [5.41, 5.74) is 0.164. The highest BCUT2D eigenvalue weighted by atomic mass is 16.7. The topological polar surface area (TPSA) is 121 Å². The predicted molar refractivity (Wildman–Crippen MR) is 139 cm³/mol. The molecule has 1 aromatic carbocycles. The minimum Gasteiger partial charge on any atom is -0.497 e. The highest BCUT2D eigenvalue weighted by Crippen LogP contribution is 2.38. The van der Waals surface area contributed by atoms with Crippen molar-refractivity contribution < 1.29 is 28.4 Å². The van der Waals surface area contributed by atoms with Crippen LogP contribution in [0.2, 0.25) is 0 Å². The first-order valence-corrected chi connectivity index (χ1v) is 12.4. The number of amides is 2. The number of methoxy groups -OCH3 is 2. The van der Waals surface area contributed by atoms with Crippen LogP contribution in [0.4, 0.5) is 0 Å². The number of nitrogens with zero attached hydrogens (tertiary/aromatic N) is 2. The lowest BCUT2D eigenvalue weighted by Gasteiger charge is -2.32. The molecule has 1 saturated heterocycles. The van der Waals surface area contributed by atoms with E-state index in [2.05, 4.69) is 20.6 Å². The van der Waals surface area contributed by atoms with Crippen molar-refractivity contribution in [3.8, 4) is 5.75 Å². The molecule has 0 unspecified atom stereocenters. The first-order chi connectivity index (χ1) is 17.6. The minimum atomic E-state index is -0.939. The molecule has 11 heteroatoms. The van der Waals surface area contributed by atoms with Crippen molar-refractivity contribution in [1.82, 2.24) is 20.6 Å². The Morgan fingerprint density at radius 1 is 1.03 bits per heavy atom. The van der Waals surface area contributed by atoms with Crippen LogP contribution >= 0.6 is 0 Å².